The average Bonchev–Trinajstić information content (AvgIpc) is 3.04. The van der Waals surface area contributed by atoms with Gasteiger partial charge in [-0.15, -0.1) is 24.0 Å². The molecule has 0 aliphatic rings. The fourth-order valence-corrected chi connectivity index (χ4v) is 2.37. The van der Waals surface area contributed by atoms with Gasteiger partial charge in [-0.1, -0.05) is 25.1 Å². The number of methoxy groups -OCH3 is 1. The number of guanidine groups is 1. The predicted octanol–water partition coefficient (Wildman–Crippen LogP) is 2.69. The molecule has 2 N–H and O–H groups in total. The summed E-state index contributed by atoms with van der Waals surface area (Å²) in [6.07, 6.45) is 1.67. The molecule has 8 heteroatoms. The molecular weight excluding hydrogens is 433 g/mol. The Kier molecular flexibility index (Phi) is 9.25. The van der Waals surface area contributed by atoms with Gasteiger partial charge in [-0.3, -0.25) is 4.99 Å². The molecule has 25 heavy (non-hydrogen) atoms. The Morgan fingerprint density at radius 1 is 1.20 bits per heavy atom. The topological polar surface area (TPSA) is 84.6 Å². The van der Waals surface area contributed by atoms with E-state index in [9.17, 15) is 0 Å². The van der Waals surface area contributed by atoms with Crippen LogP contribution >= 0.6 is 24.0 Å². The van der Waals surface area contributed by atoms with Gasteiger partial charge in [0.25, 0.3) is 0 Å². The number of aromatic nitrogens is 2. The van der Waals surface area contributed by atoms with E-state index < -0.39 is 0 Å². The average molecular weight is 459 g/mol. The first-order valence-electron chi connectivity index (χ1n) is 8.12. The quantitative estimate of drug-likeness (QED) is 0.377. The Balaban J connectivity index is 0.00000312. The van der Waals surface area contributed by atoms with Crippen molar-refractivity contribution in [1.29, 1.82) is 0 Å². The highest BCUT2D eigenvalue weighted by atomic mass is 127. The highest BCUT2D eigenvalue weighted by Gasteiger charge is 2.13. The first-order valence-corrected chi connectivity index (χ1v) is 8.12. The number of pyridine rings is 1. The van der Waals surface area contributed by atoms with Crippen LogP contribution in [0.4, 0.5) is 0 Å². The van der Waals surface area contributed by atoms with Gasteiger partial charge in [-0.05, 0) is 12.5 Å². The van der Waals surface area contributed by atoms with E-state index in [0.717, 1.165) is 35.6 Å². The highest BCUT2D eigenvalue weighted by molar-refractivity contribution is 14.0. The summed E-state index contributed by atoms with van der Waals surface area (Å²) in [7, 11) is 3.35. The SMILES string of the molecule is CCc1noc(CC)c1CNC(=NC)NCc1cccc(OC)n1.I. The lowest BCUT2D eigenvalue weighted by Gasteiger charge is -2.12. The molecule has 7 nitrogen and oxygen atoms in total. The fourth-order valence-electron chi connectivity index (χ4n) is 2.37. The second-order valence-electron chi connectivity index (χ2n) is 5.19. The first kappa shape index (κ1) is 21.2. The zero-order valence-corrected chi connectivity index (χ0v) is 17.5. The van der Waals surface area contributed by atoms with Crippen molar-refractivity contribution in [2.24, 2.45) is 4.99 Å². The first-order chi connectivity index (χ1) is 11.7. The molecule has 2 rings (SSSR count). The minimum Gasteiger partial charge on any atom is -0.481 e. The van der Waals surface area contributed by atoms with E-state index in [1.54, 1.807) is 14.2 Å². The summed E-state index contributed by atoms with van der Waals surface area (Å²) in [6.45, 7) is 5.32. The third kappa shape index (κ3) is 5.87. The van der Waals surface area contributed by atoms with Crippen molar-refractivity contribution in [3.63, 3.8) is 0 Å². The van der Waals surface area contributed by atoms with E-state index in [1.807, 2.05) is 18.2 Å². The van der Waals surface area contributed by atoms with E-state index in [0.29, 0.717) is 24.9 Å². The van der Waals surface area contributed by atoms with Gasteiger partial charge in [0.15, 0.2) is 5.96 Å². The number of rotatable bonds is 7. The molecule has 0 saturated heterocycles. The lowest BCUT2D eigenvalue weighted by Crippen LogP contribution is -2.36. The molecule has 0 radical (unpaired) electrons. The van der Waals surface area contributed by atoms with Gasteiger partial charge < -0.3 is 19.9 Å². The Morgan fingerprint density at radius 3 is 2.60 bits per heavy atom. The molecule has 0 aliphatic heterocycles. The Labute approximate surface area is 165 Å². The van der Waals surface area contributed by atoms with Crippen LogP contribution in [0.25, 0.3) is 0 Å². The normalized spacial score (nSPS) is 11.0. The van der Waals surface area contributed by atoms with Gasteiger partial charge in [0, 0.05) is 31.6 Å². The van der Waals surface area contributed by atoms with Crippen LogP contribution < -0.4 is 15.4 Å². The summed E-state index contributed by atoms with van der Waals surface area (Å²) in [5.41, 5.74) is 2.98. The molecule has 0 aromatic carbocycles. The van der Waals surface area contributed by atoms with E-state index in [1.165, 1.54) is 0 Å². The molecule has 2 aromatic heterocycles. The fraction of sp³-hybridized carbons (Fsp3) is 0.471. The molecule has 0 saturated carbocycles. The monoisotopic (exact) mass is 459 g/mol. The maximum absolute atomic E-state index is 5.38. The van der Waals surface area contributed by atoms with Gasteiger partial charge in [0.1, 0.15) is 5.76 Å². The summed E-state index contributed by atoms with van der Waals surface area (Å²) >= 11 is 0. The van der Waals surface area contributed by atoms with Crippen molar-refractivity contribution < 1.29 is 9.26 Å². The van der Waals surface area contributed by atoms with Crippen molar-refractivity contribution >= 4 is 29.9 Å². The molecule has 0 atom stereocenters. The van der Waals surface area contributed by atoms with Crippen LogP contribution in [0.1, 0.15) is 36.6 Å². The molecule has 2 aromatic rings. The molecule has 0 amide bonds. The maximum Gasteiger partial charge on any atom is 0.213 e. The Morgan fingerprint density at radius 2 is 1.96 bits per heavy atom. The number of aryl methyl sites for hydroxylation is 2. The summed E-state index contributed by atoms with van der Waals surface area (Å²) in [4.78, 5) is 8.61. The molecule has 138 valence electrons. The molecule has 0 spiro atoms. The van der Waals surface area contributed by atoms with Crippen LogP contribution in [0.3, 0.4) is 0 Å². The zero-order chi connectivity index (χ0) is 17.4. The van der Waals surface area contributed by atoms with E-state index in [4.69, 9.17) is 9.26 Å². The van der Waals surface area contributed by atoms with Crippen molar-refractivity contribution in [3.05, 3.63) is 40.9 Å². The number of aliphatic imine (C=N–C) groups is 1. The maximum atomic E-state index is 5.38. The molecule has 0 aliphatic carbocycles. The highest BCUT2D eigenvalue weighted by Crippen LogP contribution is 2.15. The molecule has 0 unspecified atom stereocenters. The molecular formula is C17H26IN5O2. The summed E-state index contributed by atoms with van der Waals surface area (Å²) < 4.78 is 10.5. The number of ether oxygens (including phenoxy) is 1. The third-order valence-corrected chi connectivity index (χ3v) is 3.69. The van der Waals surface area contributed by atoms with Crippen LogP contribution in [0.15, 0.2) is 27.7 Å². The number of nitrogens with zero attached hydrogens (tertiary/aromatic N) is 3. The minimum absolute atomic E-state index is 0. The van der Waals surface area contributed by atoms with E-state index in [-0.39, 0.29) is 24.0 Å². The van der Waals surface area contributed by atoms with Gasteiger partial charge in [0.2, 0.25) is 5.88 Å². The smallest absolute Gasteiger partial charge is 0.213 e. The minimum atomic E-state index is 0. The van der Waals surface area contributed by atoms with Crippen LogP contribution in [-0.4, -0.2) is 30.3 Å². The van der Waals surface area contributed by atoms with Crippen molar-refractivity contribution in [2.45, 2.75) is 39.8 Å². The number of hydrogen-bond donors (Lipinski definition) is 2. The van der Waals surface area contributed by atoms with Crippen molar-refractivity contribution in [3.8, 4) is 5.88 Å². The summed E-state index contributed by atoms with van der Waals surface area (Å²) in [5.74, 6) is 2.22. The summed E-state index contributed by atoms with van der Waals surface area (Å²) in [5, 5.41) is 10.7. The van der Waals surface area contributed by atoms with Crippen LogP contribution in [0.2, 0.25) is 0 Å². The standard InChI is InChI=1S/C17H25N5O2.HI/c1-5-14-13(15(6-2)24-22-14)11-20-17(18-3)19-10-12-8-7-9-16(21-12)23-4;/h7-9H,5-6,10-11H2,1-4H3,(H2,18,19,20);1H. The van der Waals surface area contributed by atoms with Gasteiger partial charge in [-0.25, -0.2) is 4.98 Å². The van der Waals surface area contributed by atoms with Crippen LogP contribution in [-0.2, 0) is 25.9 Å². The van der Waals surface area contributed by atoms with E-state index >= 15 is 0 Å². The van der Waals surface area contributed by atoms with Crippen molar-refractivity contribution in [2.75, 3.05) is 14.2 Å². The Bertz CT molecular complexity index is 666. The number of halogens is 1. The number of nitrogens with one attached hydrogen (secondary N) is 2. The molecule has 0 fully saturated rings. The molecule has 0 bridgehead atoms. The predicted molar refractivity (Wildman–Crippen MR) is 109 cm³/mol. The van der Waals surface area contributed by atoms with Gasteiger partial charge in [-0.2, -0.15) is 0 Å². The summed E-state index contributed by atoms with van der Waals surface area (Å²) in [6, 6.07) is 5.67. The second kappa shape index (κ2) is 10.9. The van der Waals surface area contributed by atoms with Crippen LogP contribution in [0.5, 0.6) is 5.88 Å². The lowest BCUT2D eigenvalue weighted by atomic mass is 10.1. The van der Waals surface area contributed by atoms with Crippen molar-refractivity contribution in [1.82, 2.24) is 20.8 Å². The van der Waals surface area contributed by atoms with E-state index in [2.05, 4.69) is 39.6 Å². The second-order valence-corrected chi connectivity index (χ2v) is 5.19. The van der Waals surface area contributed by atoms with Gasteiger partial charge >= 0.3 is 0 Å². The number of hydrogen-bond acceptors (Lipinski definition) is 5. The third-order valence-electron chi connectivity index (χ3n) is 3.69. The zero-order valence-electron chi connectivity index (χ0n) is 15.1. The Hall–Kier alpha value is -1.84. The molecule has 2 heterocycles. The van der Waals surface area contributed by atoms with Gasteiger partial charge in [0.05, 0.1) is 25.0 Å². The van der Waals surface area contributed by atoms with Crippen LogP contribution in [0, 0.1) is 0 Å². The largest absolute Gasteiger partial charge is 0.481 e. The lowest BCUT2D eigenvalue weighted by molar-refractivity contribution is 0.380.